The highest BCUT2D eigenvalue weighted by Gasteiger charge is 2.43. The second-order valence-electron chi connectivity index (χ2n) is 9.32. The number of nitrogens with zero attached hydrogens (tertiary/aromatic N) is 5. The topological polar surface area (TPSA) is 116 Å². The molecule has 2 amide bonds. The number of pyridine rings is 1. The predicted octanol–water partition coefficient (Wildman–Crippen LogP) is 3.59. The standard InChI is InChI=1S/C25H21F3N6O4/c1-32-21-15-8-14(17(26)9-18(15)31-22(29)16(21)10-30-32)24(36)34(33(2)23(35)13-4-5-13)11-12-3-6-19-20(7-12)38-25(27,28)37-19/h3,6-10,13H,4-5,11H2,1-2H3,(H2,29,31). The first-order valence-electron chi connectivity index (χ1n) is 11.7. The molecule has 1 fully saturated rings. The Morgan fingerprint density at radius 1 is 1.16 bits per heavy atom. The molecular formula is C25H21F3N6O4. The van der Waals surface area contributed by atoms with E-state index in [0.29, 0.717) is 34.7 Å². The molecule has 38 heavy (non-hydrogen) atoms. The lowest BCUT2D eigenvalue weighted by Gasteiger charge is -2.32. The fourth-order valence-electron chi connectivity index (χ4n) is 4.57. The molecule has 0 saturated heterocycles. The smallest absolute Gasteiger partial charge is 0.395 e. The molecule has 2 aromatic heterocycles. The number of carbonyl (C=O) groups excluding carboxylic acids is 2. The second-order valence-corrected chi connectivity index (χ2v) is 9.32. The number of hydrogen-bond acceptors (Lipinski definition) is 7. The van der Waals surface area contributed by atoms with Crippen molar-refractivity contribution in [1.29, 1.82) is 0 Å². The fourth-order valence-corrected chi connectivity index (χ4v) is 4.57. The van der Waals surface area contributed by atoms with Gasteiger partial charge >= 0.3 is 6.29 Å². The zero-order chi connectivity index (χ0) is 26.9. The minimum absolute atomic E-state index is 0.161. The van der Waals surface area contributed by atoms with Gasteiger partial charge in [0.05, 0.1) is 34.7 Å². The lowest BCUT2D eigenvalue weighted by Crippen LogP contribution is -2.47. The van der Waals surface area contributed by atoms with Crippen LogP contribution in [0, 0.1) is 11.7 Å². The summed E-state index contributed by atoms with van der Waals surface area (Å²) >= 11 is 0. The van der Waals surface area contributed by atoms with Gasteiger partial charge in [-0.15, -0.1) is 8.78 Å². The van der Waals surface area contributed by atoms with Crippen molar-refractivity contribution >= 4 is 39.4 Å². The minimum atomic E-state index is -3.81. The van der Waals surface area contributed by atoms with Crippen molar-refractivity contribution < 1.29 is 32.2 Å². The molecule has 2 aromatic carbocycles. The summed E-state index contributed by atoms with van der Waals surface area (Å²) in [6.45, 7) is -0.228. The normalized spacial score (nSPS) is 15.7. The first-order chi connectivity index (χ1) is 18.0. The number of hydrogen-bond donors (Lipinski definition) is 1. The second kappa shape index (κ2) is 8.23. The van der Waals surface area contributed by atoms with Crippen LogP contribution in [0.1, 0.15) is 28.8 Å². The maximum absolute atomic E-state index is 15.4. The van der Waals surface area contributed by atoms with Gasteiger partial charge in [-0.05, 0) is 36.6 Å². The highest BCUT2D eigenvalue weighted by molar-refractivity contribution is 6.10. The average molecular weight is 526 g/mol. The summed E-state index contributed by atoms with van der Waals surface area (Å²) in [5.41, 5.74) is 6.85. The molecule has 0 unspecified atom stereocenters. The van der Waals surface area contributed by atoms with Gasteiger partial charge in [0.25, 0.3) is 5.91 Å². The van der Waals surface area contributed by atoms with Crippen molar-refractivity contribution in [3.63, 3.8) is 0 Å². The summed E-state index contributed by atoms with van der Waals surface area (Å²) < 4.78 is 52.8. The molecular weight excluding hydrogens is 505 g/mol. The van der Waals surface area contributed by atoms with E-state index in [1.807, 2.05) is 0 Å². The molecule has 3 heterocycles. The van der Waals surface area contributed by atoms with Crippen molar-refractivity contribution in [2.75, 3.05) is 12.8 Å². The van der Waals surface area contributed by atoms with Crippen molar-refractivity contribution in [2.45, 2.75) is 25.7 Å². The van der Waals surface area contributed by atoms with E-state index < -0.39 is 18.0 Å². The molecule has 1 aliphatic carbocycles. The molecule has 2 N–H and O–H groups in total. The Labute approximate surface area is 213 Å². The number of nitrogen functional groups attached to an aromatic ring is 1. The summed E-state index contributed by atoms with van der Waals surface area (Å²) in [5, 5.41) is 7.39. The van der Waals surface area contributed by atoms with E-state index in [-0.39, 0.29) is 46.8 Å². The number of carbonyl (C=O) groups is 2. The lowest BCUT2D eigenvalue weighted by atomic mass is 10.1. The lowest BCUT2D eigenvalue weighted by molar-refractivity contribution is -0.286. The van der Waals surface area contributed by atoms with Crippen molar-refractivity contribution in [3.05, 3.63) is 53.5 Å². The average Bonchev–Trinajstić information content (AvgIpc) is 3.56. The zero-order valence-corrected chi connectivity index (χ0v) is 20.2. The molecule has 196 valence electrons. The molecule has 13 heteroatoms. The Morgan fingerprint density at radius 2 is 1.89 bits per heavy atom. The van der Waals surface area contributed by atoms with Crippen molar-refractivity contribution in [2.24, 2.45) is 13.0 Å². The molecule has 0 radical (unpaired) electrons. The third kappa shape index (κ3) is 3.90. The van der Waals surface area contributed by atoms with E-state index in [1.54, 1.807) is 11.7 Å². The van der Waals surface area contributed by atoms with Crippen LogP contribution in [0.2, 0.25) is 0 Å². The van der Waals surface area contributed by atoms with E-state index in [2.05, 4.69) is 19.6 Å². The Bertz CT molecular complexity index is 1650. The van der Waals surface area contributed by atoms with Crippen LogP contribution < -0.4 is 15.2 Å². The summed E-state index contributed by atoms with van der Waals surface area (Å²) in [5.74, 6) is -2.43. The molecule has 10 nitrogen and oxygen atoms in total. The van der Waals surface area contributed by atoms with Crippen LogP contribution >= 0.6 is 0 Å². The number of benzene rings is 2. The number of halogens is 3. The summed E-state index contributed by atoms with van der Waals surface area (Å²) in [6, 6.07) is 6.49. The number of nitrogens with two attached hydrogens (primary N) is 1. The third-order valence-electron chi connectivity index (χ3n) is 6.67. The predicted molar refractivity (Wildman–Crippen MR) is 128 cm³/mol. The summed E-state index contributed by atoms with van der Waals surface area (Å²) in [4.78, 5) is 31.0. The number of anilines is 1. The van der Waals surface area contributed by atoms with Gasteiger partial charge in [0.1, 0.15) is 11.6 Å². The summed E-state index contributed by atoms with van der Waals surface area (Å²) in [7, 11) is 3.10. The van der Waals surface area contributed by atoms with Gasteiger partial charge < -0.3 is 15.2 Å². The molecule has 0 atom stereocenters. The monoisotopic (exact) mass is 526 g/mol. The highest BCUT2D eigenvalue weighted by atomic mass is 19.3. The molecule has 1 saturated carbocycles. The first-order valence-corrected chi connectivity index (χ1v) is 11.7. The van der Waals surface area contributed by atoms with Gasteiger partial charge in [-0.3, -0.25) is 19.3 Å². The van der Waals surface area contributed by atoms with Crippen LogP contribution in [0.3, 0.4) is 0 Å². The van der Waals surface area contributed by atoms with Gasteiger partial charge in [-0.1, -0.05) is 6.07 Å². The van der Waals surface area contributed by atoms with Gasteiger partial charge in [-0.25, -0.2) is 14.4 Å². The number of ether oxygens (including phenoxy) is 2. The Hall–Kier alpha value is -4.55. The van der Waals surface area contributed by atoms with E-state index in [9.17, 15) is 18.4 Å². The highest BCUT2D eigenvalue weighted by Crippen LogP contribution is 2.41. The van der Waals surface area contributed by atoms with Crippen LogP contribution in [-0.4, -0.2) is 49.9 Å². The van der Waals surface area contributed by atoms with Gasteiger partial charge in [-0.2, -0.15) is 5.10 Å². The van der Waals surface area contributed by atoms with Gasteiger partial charge in [0, 0.05) is 31.5 Å². The molecule has 6 rings (SSSR count). The SMILES string of the molecule is CN(C(=O)C1CC1)N(Cc1ccc2c(c1)OC(F)(F)O2)C(=O)c1cc2c(cc1F)nc(N)c1cnn(C)c12. The fraction of sp³-hybridized carbons (Fsp3) is 0.280. The van der Waals surface area contributed by atoms with Crippen molar-refractivity contribution in [3.8, 4) is 11.5 Å². The molecule has 4 aromatic rings. The van der Waals surface area contributed by atoms with E-state index in [0.717, 1.165) is 16.1 Å². The Morgan fingerprint density at radius 3 is 2.63 bits per heavy atom. The number of rotatable bonds is 4. The minimum Gasteiger partial charge on any atom is -0.395 e. The Balaban J connectivity index is 1.42. The van der Waals surface area contributed by atoms with Crippen LogP contribution in [0.15, 0.2) is 36.5 Å². The maximum atomic E-state index is 15.4. The molecule has 0 bridgehead atoms. The molecule has 2 aliphatic rings. The van der Waals surface area contributed by atoms with Gasteiger partial charge in [0.15, 0.2) is 11.5 Å². The number of fused-ring (bicyclic) bond motifs is 4. The number of alkyl halides is 2. The first kappa shape index (κ1) is 23.8. The largest absolute Gasteiger partial charge is 0.586 e. The van der Waals surface area contributed by atoms with Crippen LogP contribution in [0.5, 0.6) is 11.5 Å². The third-order valence-corrected chi connectivity index (χ3v) is 6.67. The van der Waals surface area contributed by atoms with Crippen LogP contribution in [0.4, 0.5) is 19.0 Å². The van der Waals surface area contributed by atoms with Crippen molar-refractivity contribution in [1.82, 2.24) is 24.8 Å². The Kier molecular flexibility index (Phi) is 5.16. The number of hydrazine groups is 1. The van der Waals surface area contributed by atoms with Gasteiger partial charge in [0.2, 0.25) is 5.91 Å². The van der Waals surface area contributed by atoms with E-state index in [1.165, 1.54) is 37.5 Å². The maximum Gasteiger partial charge on any atom is 0.586 e. The number of amides is 2. The molecule has 1 aliphatic heterocycles. The molecule has 0 spiro atoms. The zero-order valence-electron chi connectivity index (χ0n) is 20.2. The number of aryl methyl sites for hydroxylation is 1. The van der Waals surface area contributed by atoms with Crippen LogP contribution in [-0.2, 0) is 18.4 Å². The van der Waals surface area contributed by atoms with E-state index in [4.69, 9.17) is 5.73 Å². The van der Waals surface area contributed by atoms with Crippen LogP contribution in [0.25, 0.3) is 21.8 Å². The summed E-state index contributed by atoms with van der Waals surface area (Å²) in [6.07, 6.45) is -0.919. The number of aromatic nitrogens is 3. The quantitative estimate of drug-likeness (QED) is 0.404. The van der Waals surface area contributed by atoms with E-state index >= 15 is 4.39 Å².